The fourth-order valence-corrected chi connectivity index (χ4v) is 5.90. The standard InChI is InChI=1S/C27H42N8O3/c1-18(2)26-29-27(38-32-26)33-13-9-20(10-14-33)19(3)11-15-37-24-8-7-23(30-31-24)34-16-21(28)22(17-34)35-12-5-4-6-25(35)36/h7-8,18-22H,4-6,9-17,28H2,1-3H3. The van der Waals surface area contributed by atoms with Gasteiger partial charge in [0.05, 0.1) is 12.6 Å². The van der Waals surface area contributed by atoms with E-state index in [9.17, 15) is 4.79 Å². The maximum Gasteiger partial charge on any atom is 0.324 e. The average Bonchev–Trinajstić information content (AvgIpc) is 3.57. The van der Waals surface area contributed by atoms with E-state index in [-0.39, 0.29) is 23.9 Å². The number of anilines is 2. The molecule has 0 saturated carbocycles. The number of rotatable bonds is 9. The predicted octanol–water partition coefficient (Wildman–Crippen LogP) is 2.83. The molecule has 3 atom stereocenters. The monoisotopic (exact) mass is 526 g/mol. The Kier molecular flexibility index (Phi) is 8.30. The van der Waals surface area contributed by atoms with E-state index >= 15 is 0 Å². The Morgan fingerprint density at radius 3 is 2.58 bits per heavy atom. The van der Waals surface area contributed by atoms with Crippen LogP contribution in [0.5, 0.6) is 5.88 Å². The van der Waals surface area contributed by atoms with Crippen molar-refractivity contribution in [3.8, 4) is 5.88 Å². The number of carbonyl (C=O) groups is 1. The van der Waals surface area contributed by atoms with Gasteiger partial charge in [-0.1, -0.05) is 25.9 Å². The second-order valence-corrected chi connectivity index (χ2v) is 11.4. The number of ether oxygens (including phenoxy) is 1. The SMILES string of the molecule is CC(C)c1noc(N2CCC(C(C)CCOc3ccc(N4CC(N)C(N5CCCCC5=O)C4)nn3)CC2)n1. The van der Waals surface area contributed by atoms with Crippen LogP contribution >= 0.6 is 0 Å². The number of aromatic nitrogens is 4. The van der Waals surface area contributed by atoms with Gasteiger partial charge in [-0.05, 0) is 50.0 Å². The van der Waals surface area contributed by atoms with Crippen LogP contribution in [-0.4, -0.2) is 82.6 Å². The van der Waals surface area contributed by atoms with Gasteiger partial charge in [-0.15, -0.1) is 10.2 Å². The molecule has 3 aliphatic rings. The summed E-state index contributed by atoms with van der Waals surface area (Å²) in [6.45, 7) is 11.1. The molecule has 208 valence electrons. The summed E-state index contributed by atoms with van der Waals surface area (Å²) < 4.78 is 11.4. The largest absolute Gasteiger partial charge is 0.477 e. The third-order valence-corrected chi connectivity index (χ3v) is 8.43. The molecule has 5 heterocycles. The van der Waals surface area contributed by atoms with Gasteiger partial charge in [0.2, 0.25) is 11.8 Å². The minimum Gasteiger partial charge on any atom is -0.477 e. The van der Waals surface area contributed by atoms with Gasteiger partial charge < -0.3 is 29.7 Å². The number of hydrogen-bond donors (Lipinski definition) is 1. The molecule has 0 aliphatic carbocycles. The first-order valence-electron chi connectivity index (χ1n) is 14.2. The molecule has 0 bridgehead atoms. The van der Waals surface area contributed by atoms with Crippen molar-refractivity contribution in [3.63, 3.8) is 0 Å². The number of piperidine rings is 2. The molecule has 38 heavy (non-hydrogen) atoms. The first-order chi connectivity index (χ1) is 18.4. The highest BCUT2D eigenvalue weighted by atomic mass is 16.5. The number of nitrogens with two attached hydrogens (primary N) is 1. The van der Waals surface area contributed by atoms with Gasteiger partial charge in [-0.2, -0.15) is 4.98 Å². The van der Waals surface area contributed by atoms with Gasteiger partial charge in [0.15, 0.2) is 11.6 Å². The van der Waals surface area contributed by atoms with Gasteiger partial charge in [-0.25, -0.2) is 0 Å². The van der Waals surface area contributed by atoms with Crippen molar-refractivity contribution in [1.29, 1.82) is 0 Å². The fraction of sp³-hybridized carbons (Fsp3) is 0.741. The fourth-order valence-electron chi connectivity index (χ4n) is 5.90. The molecule has 2 N–H and O–H groups in total. The Morgan fingerprint density at radius 1 is 1.08 bits per heavy atom. The van der Waals surface area contributed by atoms with Crippen molar-refractivity contribution in [2.45, 2.75) is 77.3 Å². The Labute approximate surface area is 225 Å². The van der Waals surface area contributed by atoms with Crippen LogP contribution in [0.15, 0.2) is 16.7 Å². The number of likely N-dealkylation sites (tertiary alicyclic amines) is 1. The molecular formula is C27H42N8O3. The highest BCUT2D eigenvalue weighted by molar-refractivity contribution is 5.77. The Balaban J connectivity index is 1.04. The topological polar surface area (TPSA) is 127 Å². The van der Waals surface area contributed by atoms with E-state index in [1.165, 1.54) is 0 Å². The van der Waals surface area contributed by atoms with Crippen LogP contribution < -0.4 is 20.3 Å². The molecular weight excluding hydrogens is 484 g/mol. The highest BCUT2D eigenvalue weighted by Crippen LogP contribution is 2.30. The molecule has 11 nitrogen and oxygen atoms in total. The zero-order valence-corrected chi connectivity index (χ0v) is 23.0. The van der Waals surface area contributed by atoms with E-state index in [1.54, 1.807) is 0 Å². The lowest BCUT2D eigenvalue weighted by molar-refractivity contribution is -0.135. The molecule has 5 rings (SSSR count). The highest BCUT2D eigenvalue weighted by Gasteiger charge is 2.38. The summed E-state index contributed by atoms with van der Waals surface area (Å²) in [5, 5.41) is 12.8. The molecule has 0 aromatic carbocycles. The molecule has 3 saturated heterocycles. The molecule has 2 aromatic heterocycles. The Morgan fingerprint density at radius 2 is 1.89 bits per heavy atom. The van der Waals surface area contributed by atoms with E-state index in [0.717, 1.165) is 63.4 Å². The summed E-state index contributed by atoms with van der Waals surface area (Å²) in [4.78, 5) is 23.2. The summed E-state index contributed by atoms with van der Waals surface area (Å²) in [6, 6.07) is 4.44. The van der Waals surface area contributed by atoms with Gasteiger partial charge in [0, 0.05) is 57.2 Å². The number of hydrogen-bond acceptors (Lipinski definition) is 10. The van der Waals surface area contributed by atoms with Crippen molar-refractivity contribution >= 4 is 17.7 Å². The molecule has 3 unspecified atom stereocenters. The lowest BCUT2D eigenvalue weighted by Gasteiger charge is -2.34. The quantitative estimate of drug-likeness (QED) is 0.521. The normalized spacial score (nSPS) is 23.9. The summed E-state index contributed by atoms with van der Waals surface area (Å²) in [5.41, 5.74) is 6.41. The maximum atomic E-state index is 12.4. The second kappa shape index (κ2) is 11.8. The molecule has 1 amide bonds. The molecule has 11 heteroatoms. The van der Waals surface area contributed by atoms with Crippen LogP contribution in [0.4, 0.5) is 11.8 Å². The van der Waals surface area contributed by atoms with Crippen LogP contribution in [0, 0.1) is 11.8 Å². The predicted molar refractivity (Wildman–Crippen MR) is 144 cm³/mol. The molecule has 3 aliphatic heterocycles. The minimum absolute atomic E-state index is 0.0402. The van der Waals surface area contributed by atoms with Crippen LogP contribution in [0.25, 0.3) is 0 Å². The van der Waals surface area contributed by atoms with Crippen molar-refractivity contribution < 1.29 is 14.1 Å². The smallest absolute Gasteiger partial charge is 0.324 e. The van der Waals surface area contributed by atoms with Crippen molar-refractivity contribution in [3.05, 3.63) is 18.0 Å². The molecule has 3 fully saturated rings. The summed E-state index contributed by atoms with van der Waals surface area (Å²) >= 11 is 0. The molecule has 0 radical (unpaired) electrons. The van der Waals surface area contributed by atoms with Crippen LogP contribution in [-0.2, 0) is 4.79 Å². The van der Waals surface area contributed by atoms with Gasteiger partial charge in [0.25, 0.3) is 0 Å². The lowest BCUT2D eigenvalue weighted by atomic mass is 9.84. The number of nitrogens with zero attached hydrogens (tertiary/aromatic N) is 7. The third kappa shape index (κ3) is 6.03. The van der Waals surface area contributed by atoms with Crippen LogP contribution in [0.2, 0.25) is 0 Å². The third-order valence-electron chi connectivity index (χ3n) is 8.43. The number of amides is 1. The van der Waals surface area contributed by atoms with Crippen molar-refractivity contribution in [1.82, 2.24) is 25.2 Å². The van der Waals surface area contributed by atoms with Crippen molar-refractivity contribution in [2.24, 2.45) is 17.6 Å². The Bertz CT molecular complexity index is 1050. The van der Waals surface area contributed by atoms with Crippen LogP contribution in [0.1, 0.15) is 71.0 Å². The minimum atomic E-state index is -0.0762. The first-order valence-corrected chi connectivity index (χ1v) is 14.2. The lowest BCUT2D eigenvalue weighted by Crippen LogP contribution is -2.51. The summed E-state index contributed by atoms with van der Waals surface area (Å²) in [6.07, 6.45) is 5.85. The average molecular weight is 527 g/mol. The molecule has 2 aromatic rings. The summed E-state index contributed by atoms with van der Waals surface area (Å²) in [7, 11) is 0. The van der Waals surface area contributed by atoms with Crippen LogP contribution in [0.3, 0.4) is 0 Å². The van der Waals surface area contributed by atoms with E-state index in [0.29, 0.717) is 49.8 Å². The zero-order chi connectivity index (χ0) is 26.6. The van der Waals surface area contributed by atoms with E-state index in [1.807, 2.05) is 17.0 Å². The van der Waals surface area contributed by atoms with Gasteiger partial charge >= 0.3 is 6.01 Å². The number of carbonyl (C=O) groups excluding carboxylic acids is 1. The maximum absolute atomic E-state index is 12.4. The zero-order valence-electron chi connectivity index (χ0n) is 23.0. The first kappa shape index (κ1) is 26.6. The summed E-state index contributed by atoms with van der Waals surface area (Å²) in [5.74, 6) is 3.79. The van der Waals surface area contributed by atoms with E-state index in [2.05, 4.69) is 50.9 Å². The van der Waals surface area contributed by atoms with Gasteiger partial charge in [-0.3, -0.25) is 4.79 Å². The molecule has 0 spiro atoms. The van der Waals surface area contributed by atoms with Crippen molar-refractivity contribution in [2.75, 3.05) is 49.1 Å². The Hall–Kier alpha value is -2.95. The van der Waals surface area contributed by atoms with Gasteiger partial charge in [0.1, 0.15) is 0 Å². The van der Waals surface area contributed by atoms with E-state index < -0.39 is 0 Å². The second-order valence-electron chi connectivity index (χ2n) is 11.4. The van der Waals surface area contributed by atoms with E-state index in [4.69, 9.17) is 15.0 Å².